The summed E-state index contributed by atoms with van der Waals surface area (Å²) in [5, 5.41) is 3.66. The first kappa shape index (κ1) is 33.1. The largest absolute Gasteiger partial charge is 0.352 e. The molecule has 2 amide bonds. The van der Waals surface area contributed by atoms with Gasteiger partial charge in [0.25, 0.3) is 10.0 Å². The van der Waals surface area contributed by atoms with Crippen LogP contribution in [0.5, 0.6) is 0 Å². The van der Waals surface area contributed by atoms with Crippen LogP contribution in [0, 0.1) is 0 Å². The predicted octanol–water partition coefficient (Wildman–Crippen LogP) is 6.74. The number of nitrogens with zero attached hydrogens (tertiary/aromatic N) is 2. The number of hydrogen-bond acceptors (Lipinski definition) is 4. The standard InChI is InChI=1S/C34H35Cl2N3O4S/c1-3-25(2)37-34(41)32(22-26-13-6-4-7-14-26)38(23-27-15-12-16-28(35)21-27)33(40)24-39(31-20-11-10-19-30(31)36)44(42,43)29-17-8-5-9-18-29/h4-21,25,32H,3,22-24H2,1-2H3,(H,37,41). The number of rotatable bonds is 13. The fourth-order valence-electron chi connectivity index (χ4n) is 4.71. The molecule has 0 bridgehead atoms. The number of carbonyl (C=O) groups is 2. The monoisotopic (exact) mass is 651 g/mol. The SMILES string of the molecule is CCC(C)NC(=O)C(Cc1ccccc1)N(Cc1cccc(Cl)c1)C(=O)CN(c1ccccc1Cl)S(=O)(=O)c1ccccc1. The van der Waals surface area contributed by atoms with Gasteiger partial charge in [-0.25, -0.2) is 8.42 Å². The van der Waals surface area contributed by atoms with Crippen LogP contribution in [0.3, 0.4) is 0 Å². The fraction of sp³-hybridized carbons (Fsp3) is 0.235. The highest BCUT2D eigenvalue weighted by atomic mass is 35.5. The molecule has 10 heteroatoms. The van der Waals surface area contributed by atoms with Crippen molar-refractivity contribution < 1.29 is 18.0 Å². The molecule has 4 rings (SSSR count). The predicted molar refractivity (Wildman–Crippen MR) is 176 cm³/mol. The minimum atomic E-state index is -4.23. The lowest BCUT2D eigenvalue weighted by Gasteiger charge is -2.34. The number of halogens is 2. The fourth-order valence-corrected chi connectivity index (χ4v) is 6.67. The Hall–Kier alpha value is -3.85. The Labute approximate surface area is 269 Å². The van der Waals surface area contributed by atoms with Crippen molar-refractivity contribution in [2.45, 2.75) is 50.2 Å². The quantitative estimate of drug-likeness (QED) is 0.173. The van der Waals surface area contributed by atoms with Crippen LogP contribution >= 0.6 is 23.2 Å². The molecule has 0 spiro atoms. The third kappa shape index (κ3) is 8.40. The number of nitrogens with one attached hydrogen (secondary N) is 1. The van der Waals surface area contributed by atoms with Gasteiger partial charge < -0.3 is 10.2 Å². The molecule has 2 unspecified atom stereocenters. The summed E-state index contributed by atoms with van der Waals surface area (Å²) in [5.41, 5.74) is 1.69. The summed E-state index contributed by atoms with van der Waals surface area (Å²) in [6.07, 6.45) is 0.911. The number of carbonyl (C=O) groups excluding carboxylic acids is 2. The number of para-hydroxylation sites is 1. The van der Waals surface area contributed by atoms with Crippen LogP contribution in [0.4, 0.5) is 5.69 Å². The Bertz CT molecular complexity index is 1670. The smallest absolute Gasteiger partial charge is 0.264 e. The molecule has 0 saturated heterocycles. The van der Waals surface area contributed by atoms with Crippen LogP contribution in [-0.2, 0) is 32.6 Å². The summed E-state index contributed by atoms with van der Waals surface area (Å²) in [6, 6.07) is 29.6. The third-order valence-corrected chi connectivity index (χ3v) is 9.57. The average molecular weight is 653 g/mol. The zero-order chi connectivity index (χ0) is 31.7. The van der Waals surface area contributed by atoms with Crippen LogP contribution in [0.1, 0.15) is 31.4 Å². The molecule has 44 heavy (non-hydrogen) atoms. The molecule has 0 aromatic heterocycles. The number of benzene rings is 4. The van der Waals surface area contributed by atoms with E-state index < -0.39 is 28.5 Å². The third-order valence-electron chi connectivity index (χ3n) is 7.25. The van der Waals surface area contributed by atoms with Gasteiger partial charge >= 0.3 is 0 Å². The van der Waals surface area contributed by atoms with Crippen LogP contribution in [0.15, 0.2) is 114 Å². The van der Waals surface area contributed by atoms with Gasteiger partial charge in [0, 0.05) is 24.0 Å². The average Bonchev–Trinajstić information content (AvgIpc) is 3.02. The molecular weight excluding hydrogens is 617 g/mol. The van der Waals surface area contributed by atoms with E-state index in [0.717, 1.165) is 9.87 Å². The molecule has 0 heterocycles. The molecule has 0 saturated carbocycles. The number of hydrogen-bond donors (Lipinski definition) is 1. The lowest BCUT2D eigenvalue weighted by Crippen LogP contribution is -2.54. The first-order valence-corrected chi connectivity index (χ1v) is 16.5. The topological polar surface area (TPSA) is 86.8 Å². The highest BCUT2D eigenvalue weighted by Crippen LogP contribution is 2.31. The minimum Gasteiger partial charge on any atom is -0.352 e. The number of anilines is 1. The molecule has 0 radical (unpaired) electrons. The summed E-state index contributed by atoms with van der Waals surface area (Å²) < 4.78 is 29.1. The summed E-state index contributed by atoms with van der Waals surface area (Å²) in [6.45, 7) is 3.28. The lowest BCUT2D eigenvalue weighted by atomic mass is 10.0. The van der Waals surface area contributed by atoms with Crippen molar-refractivity contribution in [1.82, 2.24) is 10.2 Å². The minimum absolute atomic E-state index is 0.00413. The van der Waals surface area contributed by atoms with Crippen molar-refractivity contribution in [3.8, 4) is 0 Å². The number of sulfonamides is 1. The van der Waals surface area contributed by atoms with E-state index in [-0.39, 0.29) is 40.5 Å². The molecule has 0 aliphatic rings. The molecular formula is C34H35Cl2N3O4S. The zero-order valence-corrected chi connectivity index (χ0v) is 26.9. The van der Waals surface area contributed by atoms with E-state index in [9.17, 15) is 18.0 Å². The van der Waals surface area contributed by atoms with Crippen LogP contribution in [-0.4, -0.2) is 43.8 Å². The van der Waals surface area contributed by atoms with E-state index in [1.165, 1.54) is 17.0 Å². The maximum atomic E-state index is 14.5. The Balaban J connectivity index is 1.81. The maximum absolute atomic E-state index is 14.5. The van der Waals surface area contributed by atoms with E-state index in [4.69, 9.17) is 23.2 Å². The highest BCUT2D eigenvalue weighted by molar-refractivity contribution is 7.92. The Morgan fingerprint density at radius 2 is 1.43 bits per heavy atom. The number of amides is 2. The van der Waals surface area contributed by atoms with E-state index in [1.54, 1.807) is 60.7 Å². The van der Waals surface area contributed by atoms with Gasteiger partial charge in [-0.05, 0) is 60.9 Å². The molecule has 2 atom stereocenters. The van der Waals surface area contributed by atoms with Crippen LogP contribution in [0.25, 0.3) is 0 Å². The van der Waals surface area contributed by atoms with Crippen molar-refractivity contribution in [1.29, 1.82) is 0 Å². The first-order chi connectivity index (χ1) is 21.1. The first-order valence-electron chi connectivity index (χ1n) is 14.3. The second-order valence-corrected chi connectivity index (χ2v) is 13.2. The summed E-state index contributed by atoms with van der Waals surface area (Å²) >= 11 is 12.8. The highest BCUT2D eigenvalue weighted by Gasteiger charge is 2.35. The maximum Gasteiger partial charge on any atom is 0.264 e. The van der Waals surface area contributed by atoms with Crippen molar-refractivity contribution in [2.24, 2.45) is 0 Å². The molecule has 4 aromatic carbocycles. The zero-order valence-electron chi connectivity index (χ0n) is 24.6. The van der Waals surface area contributed by atoms with Crippen molar-refractivity contribution in [3.05, 3.63) is 130 Å². The van der Waals surface area contributed by atoms with Gasteiger partial charge in [-0.2, -0.15) is 0 Å². The molecule has 4 aromatic rings. The van der Waals surface area contributed by atoms with Crippen molar-refractivity contribution >= 4 is 50.7 Å². The molecule has 230 valence electrons. The van der Waals surface area contributed by atoms with Gasteiger partial charge in [0.2, 0.25) is 11.8 Å². The second kappa shape index (κ2) is 15.2. The van der Waals surface area contributed by atoms with E-state index in [2.05, 4.69) is 5.32 Å². The summed E-state index contributed by atoms with van der Waals surface area (Å²) in [5.74, 6) is -0.918. The molecule has 7 nitrogen and oxygen atoms in total. The second-order valence-electron chi connectivity index (χ2n) is 10.5. The molecule has 0 aliphatic heterocycles. The molecule has 0 fully saturated rings. The van der Waals surface area contributed by atoms with E-state index in [0.29, 0.717) is 17.0 Å². The summed E-state index contributed by atoms with van der Waals surface area (Å²) in [7, 11) is -4.23. The lowest BCUT2D eigenvalue weighted by molar-refractivity contribution is -0.140. The Morgan fingerprint density at radius 1 is 0.818 bits per heavy atom. The van der Waals surface area contributed by atoms with Gasteiger partial charge in [-0.1, -0.05) is 103 Å². The van der Waals surface area contributed by atoms with Gasteiger partial charge in [0.15, 0.2) is 0 Å². The van der Waals surface area contributed by atoms with Gasteiger partial charge in [0.05, 0.1) is 15.6 Å². The normalized spacial score (nSPS) is 12.6. The Kier molecular flexibility index (Phi) is 11.4. The van der Waals surface area contributed by atoms with Crippen LogP contribution < -0.4 is 9.62 Å². The van der Waals surface area contributed by atoms with E-state index in [1.807, 2.05) is 50.2 Å². The van der Waals surface area contributed by atoms with Gasteiger partial charge in [0.1, 0.15) is 12.6 Å². The van der Waals surface area contributed by atoms with Crippen LogP contribution in [0.2, 0.25) is 10.0 Å². The van der Waals surface area contributed by atoms with E-state index >= 15 is 0 Å². The summed E-state index contributed by atoms with van der Waals surface area (Å²) in [4.78, 5) is 29.8. The Morgan fingerprint density at radius 3 is 2.07 bits per heavy atom. The molecule has 0 aliphatic carbocycles. The van der Waals surface area contributed by atoms with Gasteiger partial charge in [-0.3, -0.25) is 13.9 Å². The van der Waals surface area contributed by atoms with Crippen molar-refractivity contribution in [3.63, 3.8) is 0 Å². The van der Waals surface area contributed by atoms with Gasteiger partial charge in [-0.15, -0.1) is 0 Å². The van der Waals surface area contributed by atoms with Crippen molar-refractivity contribution in [2.75, 3.05) is 10.8 Å². The molecule has 1 N–H and O–H groups in total.